The van der Waals surface area contributed by atoms with Crippen LogP contribution in [0.25, 0.3) is 15.8 Å². The lowest BCUT2D eigenvalue weighted by atomic mass is 10.0. The normalized spacial score (nSPS) is 24.6. The number of ether oxygens (including phenoxy) is 1. The number of aromatic nitrogens is 1. The van der Waals surface area contributed by atoms with Crippen molar-refractivity contribution in [2.24, 2.45) is 17.8 Å². The van der Waals surface area contributed by atoms with Gasteiger partial charge in [-0.25, -0.2) is 13.4 Å². The van der Waals surface area contributed by atoms with Gasteiger partial charge < -0.3 is 4.74 Å². The highest BCUT2D eigenvalue weighted by Crippen LogP contribution is 2.52. The van der Waals surface area contributed by atoms with E-state index in [1.165, 1.54) is 24.2 Å². The summed E-state index contributed by atoms with van der Waals surface area (Å²) in [6.07, 6.45) is 3.45. The average molecular weight is 524 g/mol. The van der Waals surface area contributed by atoms with Crippen LogP contribution in [-0.2, 0) is 16.6 Å². The highest BCUT2D eigenvalue weighted by Gasteiger charge is 2.55. The Morgan fingerprint density at radius 2 is 1.92 bits per heavy atom. The van der Waals surface area contributed by atoms with Gasteiger partial charge in [0.25, 0.3) is 5.19 Å². The first-order valence-corrected chi connectivity index (χ1v) is 15.4. The van der Waals surface area contributed by atoms with Gasteiger partial charge >= 0.3 is 0 Å². The fourth-order valence-electron chi connectivity index (χ4n) is 5.84. The Morgan fingerprint density at radius 3 is 2.64 bits per heavy atom. The lowest BCUT2D eigenvalue weighted by Crippen LogP contribution is -2.36. The molecule has 8 heteroatoms. The van der Waals surface area contributed by atoms with E-state index in [2.05, 4.69) is 59.5 Å². The number of hydrogen-bond donors (Lipinski definition) is 0. The molecule has 190 valence electrons. The van der Waals surface area contributed by atoms with Gasteiger partial charge in [0.15, 0.2) is 0 Å². The molecule has 1 saturated carbocycles. The molecule has 1 aromatic heterocycles. The Hall–Kier alpha value is -2.26. The average Bonchev–Trinajstić information content (AvgIpc) is 3.19. The van der Waals surface area contributed by atoms with Crippen LogP contribution in [0.2, 0.25) is 0 Å². The summed E-state index contributed by atoms with van der Waals surface area (Å²) in [5, 5.41) is 0.753. The first-order chi connectivity index (χ1) is 17.5. The molecule has 1 saturated heterocycles. The van der Waals surface area contributed by atoms with Gasteiger partial charge in [0.2, 0.25) is 10.0 Å². The number of sulfonamides is 1. The summed E-state index contributed by atoms with van der Waals surface area (Å²) in [7, 11) is -3.14. The van der Waals surface area contributed by atoms with E-state index in [1.54, 1.807) is 15.6 Å². The van der Waals surface area contributed by atoms with Crippen molar-refractivity contribution in [3.63, 3.8) is 0 Å². The Kier molecular flexibility index (Phi) is 6.62. The van der Waals surface area contributed by atoms with Crippen LogP contribution < -0.4 is 4.74 Å². The largest absolute Gasteiger partial charge is 0.470 e. The predicted octanol–water partition coefficient (Wildman–Crippen LogP) is 4.88. The molecule has 0 amide bonds. The van der Waals surface area contributed by atoms with E-state index in [4.69, 9.17) is 9.72 Å². The van der Waals surface area contributed by atoms with Crippen LogP contribution in [0.4, 0.5) is 0 Å². The molecule has 2 aliphatic heterocycles. The van der Waals surface area contributed by atoms with Crippen LogP contribution in [-0.4, -0.2) is 61.1 Å². The van der Waals surface area contributed by atoms with E-state index >= 15 is 0 Å². The first-order valence-electron chi connectivity index (χ1n) is 13.0. The van der Waals surface area contributed by atoms with E-state index in [0.717, 1.165) is 52.4 Å². The summed E-state index contributed by atoms with van der Waals surface area (Å²) < 4.78 is 33.6. The van der Waals surface area contributed by atoms with Gasteiger partial charge in [0.05, 0.1) is 22.6 Å². The number of piperidine rings is 1. The van der Waals surface area contributed by atoms with Crippen molar-refractivity contribution in [3.8, 4) is 5.19 Å². The molecule has 2 aromatic carbocycles. The zero-order valence-electron chi connectivity index (χ0n) is 20.7. The molecule has 1 aliphatic carbocycles. The minimum atomic E-state index is -3.14. The van der Waals surface area contributed by atoms with Crippen molar-refractivity contribution < 1.29 is 13.2 Å². The number of likely N-dealkylation sites (tertiary alicyclic amines) is 1. The summed E-state index contributed by atoms with van der Waals surface area (Å²) in [5.74, 6) is 2.39. The van der Waals surface area contributed by atoms with Crippen molar-refractivity contribution in [1.82, 2.24) is 14.2 Å². The van der Waals surface area contributed by atoms with Crippen LogP contribution >= 0.6 is 11.3 Å². The topological polar surface area (TPSA) is 62.7 Å². The second kappa shape index (κ2) is 9.89. The van der Waals surface area contributed by atoms with Crippen molar-refractivity contribution in [2.45, 2.75) is 26.3 Å². The Morgan fingerprint density at radius 1 is 1.11 bits per heavy atom. The molecule has 3 aromatic rings. The van der Waals surface area contributed by atoms with Gasteiger partial charge in [-0.15, -0.1) is 0 Å². The Balaban J connectivity index is 1.03. The molecule has 0 N–H and O–H groups in total. The molecule has 6 rings (SSSR count). The van der Waals surface area contributed by atoms with Crippen molar-refractivity contribution >= 4 is 37.1 Å². The van der Waals surface area contributed by atoms with Gasteiger partial charge in [-0.1, -0.05) is 60.7 Å². The standard InChI is InChI=1S/C28H33N3O3S2/c1-2-14-36(32,33)31-12-10-21(11-13-31)22-8-9-26-27(15-22)35-28(29-26)34-19-25-23-17-30(18-24(23)25)16-20-6-4-3-5-7-20/h3-10,15,23-25H,2,11-14,16-19H2,1H3/t23-,24+,25?. The van der Waals surface area contributed by atoms with Crippen LogP contribution in [0.5, 0.6) is 5.19 Å². The SMILES string of the molecule is CCCS(=O)(=O)N1CC=C(c2ccc3nc(OCC4[C@H]5CN(Cc6ccccc6)C[C@@H]45)sc3c2)CC1. The number of hydrogen-bond acceptors (Lipinski definition) is 6. The number of benzene rings is 2. The summed E-state index contributed by atoms with van der Waals surface area (Å²) in [6, 6.07) is 17.1. The minimum Gasteiger partial charge on any atom is -0.470 e. The maximum Gasteiger partial charge on any atom is 0.274 e. The molecule has 0 spiro atoms. The number of rotatable bonds is 9. The molecule has 3 heterocycles. The summed E-state index contributed by atoms with van der Waals surface area (Å²) in [6.45, 7) is 7.06. The predicted molar refractivity (Wildman–Crippen MR) is 146 cm³/mol. The zero-order valence-corrected chi connectivity index (χ0v) is 22.3. The molecule has 36 heavy (non-hydrogen) atoms. The van der Waals surface area contributed by atoms with E-state index in [1.807, 2.05) is 6.92 Å². The molecule has 2 fully saturated rings. The fraction of sp³-hybridized carbons (Fsp3) is 0.464. The smallest absolute Gasteiger partial charge is 0.274 e. The third-order valence-electron chi connectivity index (χ3n) is 7.86. The van der Waals surface area contributed by atoms with E-state index in [-0.39, 0.29) is 5.75 Å². The maximum atomic E-state index is 12.3. The number of fused-ring (bicyclic) bond motifs is 2. The van der Waals surface area contributed by atoms with Crippen LogP contribution in [0.15, 0.2) is 54.6 Å². The summed E-state index contributed by atoms with van der Waals surface area (Å²) in [4.78, 5) is 7.28. The molecule has 6 nitrogen and oxygen atoms in total. The highest BCUT2D eigenvalue weighted by atomic mass is 32.2. The lowest BCUT2D eigenvalue weighted by molar-refractivity contribution is 0.230. The van der Waals surface area contributed by atoms with Gasteiger partial charge in [-0.05, 0) is 53.5 Å². The molecular formula is C28H33N3O3S2. The van der Waals surface area contributed by atoms with E-state index < -0.39 is 10.0 Å². The monoisotopic (exact) mass is 523 g/mol. The third kappa shape index (κ3) is 4.96. The first kappa shape index (κ1) is 24.1. The number of nitrogens with zero attached hydrogens (tertiary/aromatic N) is 3. The lowest BCUT2D eigenvalue weighted by Gasteiger charge is -2.25. The van der Waals surface area contributed by atoms with Crippen molar-refractivity contribution in [3.05, 3.63) is 65.7 Å². The quantitative estimate of drug-likeness (QED) is 0.400. The maximum absolute atomic E-state index is 12.3. The van der Waals surface area contributed by atoms with Crippen molar-refractivity contribution in [1.29, 1.82) is 0 Å². The van der Waals surface area contributed by atoms with Gasteiger partial charge in [0, 0.05) is 38.6 Å². The molecule has 1 unspecified atom stereocenters. The van der Waals surface area contributed by atoms with Gasteiger partial charge in [0.1, 0.15) is 0 Å². The highest BCUT2D eigenvalue weighted by molar-refractivity contribution is 7.89. The van der Waals surface area contributed by atoms with Gasteiger partial charge in [-0.2, -0.15) is 4.31 Å². The van der Waals surface area contributed by atoms with Gasteiger partial charge in [-0.3, -0.25) is 4.90 Å². The molecule has 0 bridgehead atoms. The molecule has 0 radical (unpaired) electrons. The van der Waals surface area contributed by atoms with Crippen LogP contribution in [0, 0.1) is 17.8 Å². The minimum absolute atomic E-state index is 0.222. The second-order valence-corrected chi connectivity index (χ2v) is 13.4. The summed E-state index contributed by atoms with van der Waals surface area (Å²) >= 11 is 1.61. The Labute approximate surface area is 217 Å². The molecule has 3 aliphatic rings. The van der Waals surface area contributed by atoms with E-state index in [0.29, 0.717) is 25.4 Å². The molecular weight excluding hydrogens is 490 g/mol. The van der Waals surface area contributed by atoms with Crippen molar-refractivity contribution in [2.75, 3.05) is 38.5 Å². The number of thiazole rings is 1. The van der Waals surface area contributed by atoms with Crippen LogP contribution in [0.3, 0.4) is 0 Å². The summed E-state index contributed by atoms with van der Waals surface area (Å²) in [5.41, 5.74) is 4.72. The zero-order chi connectivity index (χ0) is 24.7. The molecule has 3 atom stereocenters. The van der Waals surface area contributed by atoms with Crippen LogP contribution in [0.1, 0.15) is 30.9 Å². The van der Waals surface area contributed by atoms with E-state index in [9.17, 15) is 8.42 Å². The second-order valence-electron chi connectivity index (χ2n) is 10.3. The Bertz CT molecular complexity index is 1360. The fourth-order valence-corrected chi connectivity index (χ4v) is 8.15. The third-order valence-corrected chi connectivity index (χ3v) is 10.8.